The number of benzene rings is 1. The van der Waals surface area contributed by atoms with Crippen LogP contribution in [0.25, 0.3) is 43.9 Å². The highest BCUT2D eigenvalue weighted by Crippen LogP contribution is 2.47. The molecule has 2 aliphatic rings. The van der Waals surface area contributed by atoms with Crippen molar-refractivity contribution < 1.29 is 23.0 Å². The van der Waals surface area contributed by atoms with Crippen LogP contribution in [0.2, 0.25) is 0 Å². The summed E-state index contributed by atoms with van der Waals surface area (Å²) in [5.74, 6) is -0.946. The van der Waals surface area contributed by atoms with E-state index in [4.69, 9.17) is 19.6 Å². The van der Waals surface area contributed by atoms with Gasteiger partial charge in [0.25, 0.3) is 0 Å². The number of amides is 1. The Kier molecular flexibility index (Phi) is 9.09. The number of aromatic nitrogens is 5. The molecule has 0 N–H and O–H groups in total. The molecular weight excluding hydrogens is 651 g/mol. The zero-order chi connectivity index (χ0) is 34.2. The van der Waals surface area contributed by atoms with Crippen LogP contribution >= 0.6 is 11.3 Å². The molecule has 7 rings (SSSR count). The number of carbonyl (C=O) groups excluding carboxylic acids is 1. The van der Waals surface area contributed by atoms with Gasteiger partial charge in [0, 0.05) is 72.7 Å². The highest BCUT2D eigenvalue weighted by atomic mass is 32.1. The summed E-state index contributed by atoms with van der Waals surface area (Å²) in [6.07, 6.45) is 2.99. The minimum absolute atomic E-state index is 0.0309. The standard InChI is InChI=1S/C35H36F2N8O3S/c1-5-30(46)44-20-24-17-27(41-45(24)19-21(44)2)34-32(31-26(37)15-23(36)16-28(31)48-12-11-47-4)35-25(6-13-49-35)33(39-34)22-14-29(40-38-18-22)43-9-7-42(3)8-10-43/h5-6,13-18,21H,1,7-12,19-20H2,2-4H3. The van der Waals surface area contributed by atoms with Crippen LogP contribution in [-0.4, -0.2) is 100 Å². The van der Waals surface area contributed by atoms with Crippen LogP contribution in [0.15, 0.2) is 54.6 Å². The lowest BCUT2D eigenvalue weighted by Gasteiger charge is -2.33. The van der Waals surface area contributed by atoms with Crippen LogP contribution in [0.5, 0.6) is 5.75 Å². The summed E-state index contributed by atoms with van der Waals surface area (Å²) in [5, 5.41) is 16.4. The monoisotopic (exact) mass is 686 g/mol. The largest absolute Gasteiger partial charge is 0.490 e. The van der Waals surface area contributed by atoms with Crippen molar-refractivity contribution in [3.05, 3.63) is 71.9 Å². The van der Waals surface area contributed by atoms with E-state index >= 15 is 4.39 Å². The number of hydrogen-bond acceptors (Lipinski definition) is 10. The third-order valence-corrected chi connectivity index (χ3v) is 9.96. The van der Waals surface area contributed by atoms with Gasteiger partial charge >= 0.3 is 0 Å². The molecule has 0 spiro atoms. The van der Waals surface area contributed by atoms with E-state index in [0.29, 0.717) is 35.7 Å². The number of ether oxygens (including phenoxy) is 2. The van der Waals surface area contributed by atoms with Gasteiger partial charge in [-0.05, 0) is 43.6 Å². The predicted octanol–water partition coefficient (Wildman–Crippen LogP) is 5.26. The van der Waals surface area contributed by atoms with Crippen molar-refractivity contribution in [2.24, 2.45) is 0 Å². The molecule has 0 aliphatic carbocycles. The van der Waals surface area contributed by atoms with Crippen LogP contribution in [0.4, 0.5) is 14.6 Å². The predicted molar refractivity (Wildman–Crippen MR) is 185 cm³/mol. The molecule has 0 radical (unpaired) electrons. The average molecular weight is 687 g/mol. The SMILES string of the molecule is C=CC(=O)N1Cc2cc(-c3nc(-c4cnnc(N5CCN(C)CC5)c4)c4ccsc4c3-c3c(F)cc(F)cc3OCCOC)nn2CC1C. The Morgan fingerprint density at radius 2 is 1.92 bits per heavy atom. The zero-order valence-corrected chi connectivity index (χ0v) is 28.3. The number of hydrogen-bond donors (Lipinski definition) is 0. The van der Waals surface area contributed by atoms with Gasteiger partial charge in [0.15, 0.2) is 5.82 Å². The molecule has 1 saturated heterocycles. The number of piperazine rings is 1. The van der Waals surface area contributed by atoms with Gasteiger partial charge in [-0.3, -0.25) is 9.48 Å². The molecular formula is C35H36F2N8O3S. The second kappa shape index (κ2) is 13.6. The van der Waals surface area contributed by atoms with Crippen LogP contribution < -0.4 is 9.64 Å². The van der Waals surface area contributed by atoms with Crippen molar-refractivity contribution in [3.63, 3.8) is 0 Å². The van der Waals surface area contributed by atoms with Crippen molar-refractivity contribution in [1.29, 1.82) is 0 Å². The first-order valence-corrected chi connectivity index (χ1v) is 16.9. The lowest BCUT2D eigenvalue weighted by molar-refractivity contribution is -0.129. The Labute approximate surface area is 286 Å². The number of likely N-dealkylation sites (N-methyl/N-ethyl adjacent to an activating group) is 1. The molecule has 0 saturated carbocycles. The molecule has 2 aliphatic heterocycles. The Morgan fingerprint density at radius 1 is 1.10 bits per heavy atom. The summed E-state index contributed by atoms with van der Waals surface area (Å²) in [6.45, 7) is 10.2. The van der Waals surface area contributed by atoms with Gasteiger partial charge in [0.2, 0.25) is 5.91 Å². The number of fused-ring (bicyclic) bond motifs is 2. The maximum absolute atomic E-state index is 16.1. The van der Waals surface area contributed by atoms with Gasteiger partial charge < -0.3 is 24.2 Å². The minimum Gasteiger partial charge on any atom is -0.490 e. The first kappa shape index (κ1) is 32.7. The van der Waals surface area contributed by atoms with E-state index in [1.165, 1.54) is 30.6 Å². The highest BCUT2D eigenvalue weighted by molar-refractivity contribution is 7.18. The summed E-state index contributed by atoms with van der Waals surface area (Å²) in [6, 6.07) is 7.70. The van der Waals surface area contributed by atoms with Gasteiger partial charge in [0.05, 0.1) is 42.8 Å². The molecule has 4 aromatic heterocycles. The molecule has 6 heterocycles. The summed E-state index contributed by atoms with van der Waals surface area (Å²) >= 11 is 1.42. The van der Waals surface area contributed by atoms with E-state index in [2.05, 4.69) is 33.6 Å². The first-order valence-electron chi connectivity index (χ1n) is 16.0. The molecule has 1 fully saturated rings. The van der Waals surface area contributed by atoms with Gasteiger partial charge in [0.1, 0.15) is 35.4 Å². The number of methoxy groups -OCH3 is 1. The molecule has 254 valence electrons. The Morgan fingerprint density at radius 3 is 2.69 bits per heavy atom. The maximum atomic E-state index is 16.1. The van der Waals surface area contributed by atoms with E-state index in [1.54, 1.807) is 11.1 Å². The van der Waals surface area contributed by atoms with Crippen LogP contribution in [0.3, 0.4) is 0 Å². The second-order valence-electron chi connectivity index (χ2n) is 12.3. The number of anilines is 1. The normalized spacial score (nSPS) is 16.6. The van der Waals surface area contributed by atoms with Gasteiger partial charge in [-0.15, -0.1) is 16.4 Å². The second-order valence-corrected chi connectivity index (χ2v) is 13.2. The highest BCUT2D eigenvalue weighted by Gasteiger charge is 2.31. The van der Waals surface area contributed by atoms with Crippen molar-refractivity contribution in [2.45, 2.75) is 26.1 Å². The molecule has 1 atom stereocenters. The zero-order valence-electron chi connectivity index (χ0n) is 27.5. The number of rotatable bonds is 9. The number of nitrogens with zero attached hydrogens (tertiary/aromatic N) is 8. The number of pyridine rings is 1. The molecule has 11 nitrogen and oxygen atoms in total. The fourth-order valence-corrected chi connectivity index (χ4v) is 7.38. The van der Waals surface area contributed by atoms with Gasteiger partial charge in [-0.1, -0.05) is 6.58 Å². The number of thiophene rings is 1. The van der Waals surface area contributed by atoms with Gasteiger partial charge in [-0.25, -0.2) is 13.8 Å². The number of carbonyl (C=O) groups is 1. The van der Waals surface area contributed by atoms with E-state index in [1.807, 2.05) is 35.2 Å². The topological polar surface area (TPSA) is 102 Å². The summed E-state index contributed by atoms with van der Waals surface area (Å²) in [7, 11) is 3.63. The molecule has 14 heteroatoms. The first-order chi connectivity index (χ1) is 23.7. The smallest absolute Gasteiger partial charge is 0.246 e. The third kappa shape index (κ3) is 6.27. The van der Waals surface area contributed by atoms with Crippen molar-refractivity contribution in [3.8, 4) is 39.5 Å². The lowest BCUT2D eigenvalue weighted by Crippen LogP contribution is -2.44. The Bertz CT molecular complexity index is 2040. The molecule has 49 heavy (non-hydrogen) atoms. The van der Waals surface area contributed by atoms with E-state index in [0.717, 1.165) is 59.4 Å². The average Bonchev–Trinajstić information content (AvgIpc) is 3.75. The molecule has 5 aromatic rings. The van der Waals surface area contributed by atoms with E-state index < -0.39 is 11.6 Å². The molecule has 0 bridgehead atoms. The fourth-order valence-electron chi connectivity index (χ4n) is 6.43. The van der Waals surface area contributed by atoms with E-state index in [-0.39, 0.29) is 36.5 Å². The lowest BCUT2D eigenvalue weighted by atomic mass is 9.96. The van der Waals surface area contributed by atoms with Crippen molar-refractivity contribution in [2.75, 3.05) is 58.5 Å². The van der Waals surface area contributed by atoms with Crippen LogP contribution in [0.1, 0.15) is 12.6 Å². The van der Waals surface area contributed by atoms with Gasteiger partial charge in [-0.2, -0.15) is 10.2 Å². The van der Waals surface area contributed by atoms with E-state index in [9.17, 15) is 9.18 Å². The third-order valence-electron chi connectivity index (χ3n) is 9.03. The van der Waals surface area contributed by atoms with Crippen LogP contribution in [0, 0.1) is 11.6 Å². The molecule has 1 aromatic carbocycles. The fraction of sp³-hybridized carbons (Fsp3) is 0.343. The maximum Gasteiger partial charge on any atom is 0.246 e. The number of halogens is 2. The Hall–Kier alpha value is -4.79. The van der Waals surface area contributed by atoms with Crippen LogP contribution in [-0.2, 0) is 22.6 Å². The summed E-state index contributed by atoms with van der Waals surface area (Å²) in [4.78, 5) is 24.1. The quantitative estimate of drug-likeness (QED) is 0.152. The van der Waals surface area contributed by atoms with Crippen molar-refractivity contribution in [1.82, 2.24) is 34.8 Å². The summed E-state index contributed by atoms with van der Waals surface area (Å²) in [5.41, 5.74) is 3.55. The molecule has 1 amide bonds. The summed E-state index contributed by atoms with van der Waals surface area (Å²) < 4.78 is 44.5. The van der Waals surface area contributed by atoms with Crippen molar-refractivity contribution >= 4 is 33.1 Å². The molecule has 1 unspecified atom stereocenters. The Balaban J connectivity index is 1.44. The minimum atomic E-state index is -0.791.